The third-order valence-corrected chi connectivity index (χ3v) is 16.5. The van der Waals surface area contributed by atoms with Crippen molar-refractivity contribution in [2.24, 2.45) is 4.99 Å². The van der Waals surface area contributed by atoms with Crippen molar-refractivity contribution in [3.8, 4) is 5.69 Å². The lowest BCUT2D eigenvalue weighted by Gasteiger charge is -2.31. The molecule has 2 nitrogen and oxygen atoms in total. The summed E-state index contributed by atoms with van der Waals surface area (Å²) >= 11 is 3.82. The highest BCUT2D eigenvalue weighted by molar-refractivity contribution is 7.26. The SMILES string of the molecule is C1=Cc2ccccc2C(/C2=C3\Cc4ccc5c6cc7ccccc7cc6n(c5c4)-c4c(ccc5sc6ccccc6c45)C3=NC(c3cccc4sc5ccccc5c34)CCC2)C1. The first-order chi connectivity index (χ1) is 30.7. The number of aliphatic imine (C=N–C) groups is 1. The van der Waals surface area contributed by atoms with E-state index in [9.17, 15) is 0 Å². The molecule has 0 amide bonds. The summed E-state index contributed by atoms with van der Waals surface area (Å²) in [4.78, 5) is 6.28. The second-order valence-corrected chi connectivity index (χ2v) is 19.7. The van der Waals surface area contributed by atoms with Crippen LogP contribution in [0.15, 0.2) is 180 Å². The zero-order valence-electron chi connectivity index (χ0n) is 34.1. The quantitative estimate of drug-likeness (QED) is 0.165. The molecule has 2 atom stereocenters. The zero-order chi connectivity index (χ0) is 40.5. The van der Waals surface area contributed by atoms with Crippen LogP contribution in [0.5, 0.6) is 0 Å². The first kappa shape index (κ1) is 35.1. The van der Waals surface area contributed by atoms with E-state index in [2.05, 4.69) is 174 Å². The Labute approximate surface area is 367 Å². The maximum absolute atomic E-state index is 6.28. The van der Waals surface area contributed by atoms with Crippen LogP contribution < -0.4 is 0 Å². The van der Waals surface area contributed by atoms with Gasteiger partial charge in [-0.25, -0.2) is 0 Å². The molecule has 0 spiro atoms. The second kappa shape index (κ2) is 13.5. The average Bonchev–Trinajstić information content (AvgIpc) is 3.99. The number of allylic oxidation sites excluding steroid dienone is 3. The largest absolute Gasteiger partial charge is 0.308 e. The van der Waals surface area contributed by atoms with Crippen LogP contribution in [0.3, 0.4) is 0 Å². The summed E-state index contributed by atoms with van der Waals surface area (Å²) < 4.78 is 7.96. The van der Waals surface area contributed by atoms with E-state index in [1.54, 1.807) is 5.57 Å². The summed E-state index contributed by atoms with van der Waals surface area (Å²) in [5.74, 6) is 0.293. The van der Waals surface area contributed by atoms with Crippen LogP contribution in [-0.4, -0.2) is 10.3 Å². The molecule has 0 radical (unpaired) electrons. The number of rotatable bonds is 2. The van der Waals surface area contributed by atoms with Gasteiger partial charge in [0.05, 0.1) is 28.5 Å². The summed E-state index contributed by atoms with van der Waals surface area (Å²) in [5.41, 5.74) is 14.6. The summed E-state index contributed by atoms with van der Waals surface area (Å²) in [5, 5.41) is 10.5. The number of hydrogen-bond acceptors (Lipinski definition) is 3. The van der Waals surface area contributed by atoms with Crippen molar-refractivity contribution >= 4 is 107 Å². The molecule has 0 fully saturated rings. The summed E-state index contributed by atoms with van der Waals surface area (Å²) in [6.45, 7) is 0. The highest BCUT2D eigenvalue weighted by Gasteiger charge is 2.33. The molecular formula is C58H40N2S2. The molecule has 0 N–H and O–H groups in total. The normalized spacial score (nSPS) is 18.8. The van der Waals surface area contributed by atoms with Crippen LogP contribution in [0.1, 0.15) is 65.5 Å². The Morgan fingerprint density at radius 2 is 1.27 bits per heavy atom. The predicted molar refractivity (Wildman–Crippen MR) is 267 cm³/mol. The van der Waals surface area contributed by atoms with Gasteiger partial charge in [0.2, 0.25) is 0 Å². The maximum atomic E-state index is 6.28. The molecule has 62 heavy (non-hydrogen) atoms. The van der Waals surface area contributed by atoms with Gasteiger partial charge >= 0.3 is 0 Å². The number of hydrogen-bond donors (Lipinski definition) is 0. The second-order valence-electron chi connectivity index (χ2n) is 17.5. The maximum Gasteiger partial charge on any atom is 0.0763 e. The summed E-state index contributed by atoms with van der Waals surface area (Å²) in [6, 6.07) is 60.0. The minimum absolute atomic E-state index is 0.00112. The summed E-state index contributed by atoms with van der Waals surface area (Å²) in [7, 11) is 0. The molecule has 11 aromatic rings. The molecule has 294 valence electrons. The molecule has 8 aromatic carbocycles. The molecule has 3 aliphatic rings. The van der Waals surface area contributed by atoms with Gasteiger partial charge in [-0.3, -0.25) is 4.99 Å². The predicted octanol–water partition coefficient (Wildman–Crippen LogP) is 16.4. The molecule has 2 unspecified atom stereocenters. The van der Waals surface area contributed by atoms with E-state index in [1.165, 1.54) is 118 Å². The van der Waals surface area contributed by atoms with Gasteiger partial charge in [0.1, 0.15) is 0 Å². The van der Waals surface area contributed by atoms with Crippen LogP contribution in [0.2, 0.25) is 0 Å². The Kier molecular flexibility index (Phi) is 7.61. The Balaban J connectivity index is 1.15. The number of thiophene rings is 2. The molecular weight excluding hydrogens is 789 g/mol. The van der Waals surface area contributed by atoms with E-state index in [4.69, 9.17) is 4.99 Å². The van der Waals surface area contributed by atoms with Crippen LogP contribution in [0.4, 0.5) is 0 Å². The van der Waals surface area contributed by atoms with Gasteiger partial charge in [-0.15, -0.1) is 22.7 Å². The Morgan fingerprint density at radius 1 is 0.565 bits per heavy atom. The van der Waals surface area contributed by atoms with E-state index < -0.39 is 0 Å². The Morgan fingerprint density at radius 3 is 2.15 bits per heavy atom. The minimum atomic E-state index is -0.00112. The molecule has 1 aliphatic carbocycles. The molecule has 5 heterocycles. The molecule has 14 rings (SSSR count). The van der Waals surface area contributed by atoms with Crippen LogP contribution >= 0.6 is 22.7 Å². The highest BCUT2D eigenvalue weighted by Crippen LogP contribution is 2.49. The number of aromatic nitrogens is 1. The fourth-order valence-corrected chi connectivity index (χ4v) is 13.7. The van der Waals surface area contributed by atoms with Gasteiger partial charge in [-0.05, 0) is 119 Å². The van der Waals surface area contributed by atoms with Gasteiger partial charge in [-0.1, -0.05) is 127 Å². The lowest BCUT2D eigenvalue weighted by molar-refractivity contribution is 0.589. The van der Waals surface area contributed by atoms with Crippen molar-refractivity contribution in [1.29, 1.82) is 0 Å². The van der Waals surface area contributed by atoms with Gasteiger partial charge < -0.3 is 4.57 Å². The third kappa shape index (κ3) is 5.11. The number of nitrogens with zero attached hydrogens (tertiary/aromatic N) is 2. The monoisotopic (exact) mass is 828 g/mol. The van der Waals surface area contributed by atoms with Crippen molar-refractivity contribution in [1.82, 2.24) is 4.57 Å². The zero-order valence-corrected chi connectivity index (χ0v) is 35.7. The first-order valence-electron chi connectivity index (χ1n) is 22.1. The van der Waals surface area contributed by atoms with Crippen molar-refractivity contribution < 1.29 is 0 Å². The van der Waals surface area contributed by atoms with Crippen molar-refractivity contribution in [2.75, 3.05) is 0 Å². The topological polar surface area (TPSA) is 17.3 Å². The van der Waals surface area contributed by atoms with E-state index in [1.807, 2.05) is 22.7 Å². The molecule has 2 bridgehead atoms. The van der Waals surface area contributed by atoms with E-state index in [-0.39, 0.29) is 6.04 Å². The van der Waals surface area contributed by atoms with Crippen LogP contribution in [0, 0.1) is 0 Å². The lowest BCUT2D eigenvalue weighted by Crippen LogP contribution is -2.20. The highest BCUT2D eigenvalue weighted by atomic mass is 32.1. The van der Waals surface area contributed by atoms with Crippen molar-refractivity contribution in [3.05, 3.63) is 203 Å². The number of fused-ring (bicyclic) bond motifs is 17. The minimum Gasteiger partial charge on any atom is -0.308 e. The number of benzene rings is 8. The van der Waals surface area contributed by atoms with E-state index in [0.29, 0.717) is 5.92 Å². The van der Waals surface area contributed by atoms with Crippen molar-refractivity contribution in [3.63, 3.8) is 0 Å². The fourth-order valence-electron chi connectivity index (χ4n) is 11.5. The van der Waals surface area contributed by atoms with E-state index >= 15 is 0 Å². The summed E-state index contributed by atoms with van der Waals surface area (Å²) in [6.07, 6.45) is 9.70. The van der Waals surface area contributed by atoms with Crippen LogP contribution in [-0.2, 0) is 6.42 Å². The molecule has 0 saturated carbocycles. The molecule has 0 saturated heterocycles. The van der Waals surface area contributed by atoms with Crippen molar-refractivity contribution in [2.45, 2.75) is 44.1 Å². The Hall–Kier alpha value is -6.59. The molecule has 2 aliphatic heterocycles. The first-order valence-corrected chi connectivity index (χ1v) is 23.7. The smallest absolute Gasteiger partial charge is 0.0763 e. The Bertz CT molecular complexity index is 3810. The lowest BCUT2D eigenvalue weighted by atomic mass is 9.75. The standard InChI is InChI=1S/C58H40N2S2/c1-2-14-37-33-50-46(32-36(37)13-1)41-27-26-34-30-47-40(39-19-9-15-35-12-3-4-16-38(35)39)20-10-22-48(42-21-11-25-53-55(42)43-17-5-7-23-51(43)61-53)59-57(47)45-28-29-54-56(58(45)60(50)49(41)31-34)44-18-6-8-24-52(44)62-54/h1-9,11-18,21,23-29,31-33,39,48H,10,19-20,22,30H2/b47-40+,59-57?. The average molecular weight is 829 g/mol. The van der Waals surface area contributed by atoms with E-state index in [0.717, 1.165) is 32.1 Å². The molecule has 4 heteroatoms. The fraction of sp³-hybridized carbons (Fsp3) is 0.121. The van der Waals surface area contributed by atoms with Gasteiger partial charge in [0, 0.05) is 62.6 Å². The van der Waals surface area contributed by atoms with Gasteiger partial charge in [0.25, 0.3) is 0 Å². The van der Waals surface area contributed by atoms with Crippen LogP contribution in [0.25, 0.3) is 84.7 Å². The van der Waals surface area contributed by atoms with Gasteiger partial charge in [0.15, 0.2) is 0 Å². The van der Waals surface area contributed by atoms with Gasteiger partial charge in [-0.2, -0.15) is 0 Å². The molecule has 3 aromatic heterocycles. The third-order valence-electron chi connectivity index (χ3n) is 14.2.